The first-order chi connectivity index (χ1) is 44.8. The number of H-pyrrole nitrogens is 2. The first-order valence-corrected chi connectivity index (χ1v) is 30.2. The Morgan fingerprint density at radius 2 is 0.783 bits per heavy atom. The van der Waals surface area contributed by atoms with Crippen LogP contribution in [0.1, 0.15) is 66.3 Å². The monoisotopic (exact) mass is 1200 g/mol. The number of rotatable bonds is 10. The number of fused-ring (bicyclic) bond motifs is 8. The SMILES string of the molecule is Cc1ccc(C2(c3ccc(-c4nc5ccc(-c6ccc7nc(C)[nH]c7c6)cc5[nH]4)cc3)c3ccccc3-c3ccccc32)cc1.Nc1ccc(-c2ccc(N)c(N)c2)cc1N.O=COc1ccc(C2(c3ccc(C(=O)O)cc3)c3ccccc3-c3ccccc32)cc1. The van der Waals surface area contributed by atoms with Gasteiger partial charge in [-0.2, -0.15) is 0 Å². The summed E-state index contributed by atoms with van der Waals surface area (Å²) in [6.07, 6.45) is 0. The topological polar surface area (TPSA) is 225 Å². The highest BCUT2D eigenvalue weighted by Crippen LogP contribution is 2.58. The smallest absolute Gasteiger partial charge is 0.335 e. The van der Waals surface area contributed by atoms with Crippen molar-refractivity contribution in [3.05, 3.63) is 328 Å². The van der Waals surface area contributed by atoms with Gasteiger partial charge in [-0.1, -0.05) is 200 Å². The number of ether oxygens (including phenoxy) is 1. The molecule has 2 heterocycles. The van der Waals surface area contributed by atoms with Crippen LogP contribution in [0.3, 0.4) is 0 Å². The van der Waals surface area contributed by atoms with Gasteiger partial charge < -0.3 is 42.7 Å². The van der Waals surface area contributed by atoms with Crippen molar-refractivity contribution in [3.63, 3.8) is 0 Å². The molecule has 0 saturated heterocycles. The summed E-state index contributed by atoms with van der Waals surface area (Å²) < 4.78 is 5.00. The van der Waals surface area contributed by atoms with E-state index in [1.807, 2.05) is 79.7 Å². The number of carbonyl (C=O) groups excluding carboxylic acids is 1. The fraction of sp³-hybridized carbons (Fsp3) is 0.0500. The highest BCUT2D eigenvalue weighted by molar-refractivity contribution is 5.92. The standard InChI is InChI=1S/C41H30N4.C27H18O4.C12H14N4/c1-25-11-17-30(18-12-25)41(34-9-5-3-7-32(34)33-8-4-6-10-35(33)41)31-19-13-27(14-20-31)40-44-37-22-16-29(24-39(37)45-40)28-15-21-36-38(23-28)43-26(2)42-36;28-17-31-21-15-13-20(14-16-21)27(19-11-9-18(10-12-19)26(29)30)24-7-3-1-5-22(24)23-6-2-4-8-25(23)27;13-9-3-1-7(5-11(9)15)8-2-4-10(14)12(16)6-8/h3-24H,1-2H3,(H,42,43)(H,44,45);1-17H,(H,29,30);1-6H,13-16H2. The third-order valence-corrected chi connectivity index (χ3v) is 17.9. The van der Waals surface area contributed by atoms with Crippen LogP contribution < -0.4 is 27.7 Å². The highest BCUT2D eigenvalue weighted by atomic mass is 16.5. The molecule has 2 aliphatic rings. The highest BCUT2D eigenvalue weighted by Gasteiger charge is 2.47. The molecule has 12 nitrogen and oxygen atoms in total. The lowest BCUT2D eigenvalue weighted by molar-refractivity contribution is -0.120. The molecule has 2 aromatic heterocycles. The average Bonchev–Trinajstić information content (AvgIpc) is 1.44. The number of nitrogens with one attached hydrogen (secondary N) is 2. The molecule has 0 saturated carbocycles. The number of anilines is 4. The number of hydrogen-bond acceptors (Lipinski definition) is 9. The van der Waals surface area contributed by atoms with Crippen LogP contribution in [0.5, 0.6) is 5.75 Å². The van der Waals surface area contributed by atoms with Crippen molar-refractivity contribution in [1.82, 2.24) is 19.9 Å². The van der Waals surface area contributed by atoms with Crippen LogP contribution in [-0.4, -0.2) is 37.5 Å². The van der Waals surface area contributed by atoms with Gasteiger partial charge in [0.1, 0.15) is 17.4 Å². The van der Waals surface area contributed by atoms with E-state index in [9.17, 15) is 14.7 Å². The maximum atomic E-state index is 11.4. The molecule has 92 heavy (non-hydrogen) atoms. The van der Waals surface area contributed by atoms with Crippen molar-refractivity contribution in [2.24, 2.45) is 0 Å². The molecule has 2 aliphatic carbocycles. The van der Waals surface area contributed by atoms with Gasteiger partial charge in [-0.05, 0) is 176 Å². The summed E-state index contributed by atoms with van der Waals surface area (Å²) in [4.78, 5) is 38.7. The number of nitrogen functional groups attached to an aromatic ring is 4. The molecule has 16 rings (SSSR count). The third-order valence-electron chi connectivity index (χ3n) is 17.9. The van der Waals surface area contributed by atoms with E-state index in [0.717, 1.165) is 94.9 Å². The van der Waals surface area contributed by atoms with Crippen molar-refractivity contribution in [2.75, 3.05) is 22.9 Å². The molecule has 14 aromatic rings. The van der Waals surface area contributed by atoms with Crippen LogP contribution in [-0.2, 0) is 15.6 Å². The summed E-state index contributed by atoms with van der Waals surface area (Å²) >= 11 is 0. The molecular formula is C80H62N8O4. The number of aromatic carboxylic acids is 1. The molecule has 0 amide bonds. The number of aromatic amines is 2. The van der Waals surface area contributed by atoms with Crippen molar-refractivity contribution in [1.29, 1.82) is 0 Å². The maximum absolute atomic E-state index is 11.4. The second kappa shape index (κ2) is 23.3. The zero-order valence-electron chi connectivity index (χ0n) is 50.4. The molecule has 446 valence electrons. The van der Waals surface area contributed by atoms with E-state index >= 15 is 0 Å². The van der Waals surface area contributed by atoms with Crippen LogP contribution in [0.25, 0.3) is 78.0 Å². The Labute approximate surface area is 531 Å². The largest absolute Gasteiger partial charge is 0.478 e. The molecule has 11 N–H and O–H groups in total. The Kier molecular flexibility index (Phi) is 14.6. The summed E-state index contributed by atoms with van der Waals surface area (Å²) in [7, 11) is 0. The fourth-order valence-corrected chi connectivity index (χ4v) is 13.6. The average molecular weight is 1200 g/mol. The quantitative estimate of drug-likeness (QED) is 0.0506. The van der Waals surface area contributed by atoms with Crippen LogP contribution in [0.4, 0.5) is 22.7 Å². The Morgan fingerprint density at radius 1 is 0.413 bits per heavy atom. The molecule has 12 heteroatoms. The van der Waals surface area contributed by atoms with E-state index in [2.05, 4.69) is 180 Å². The van der Waals surface area contributed by atoms with Gasteiger partial charge in [-0.15, -0.1) is 0 Å². The minimum Gasteiger partial charge on any atom is -0.478 e. The first kappa shape index (κ1) is 57.5. The van der Waals surface area contributed by atoms with Crippen molar-refractivity contribution >= 4 is 57.3 Å². The molecule has 0 bridgehead atoms. The minimum atomic E-state index is -0.955. The number of aromatic nitrogens is 4. The van der Waals surface area contributed by atoms with Gasteiger partial charge in [0.2, 0.25) is 0 Å². The van der Waals surface area contributed by atoms with Gasteiger partial charge in [0, 0.05) is 5.56 Å². The van der Waals surface area contributed by atoms with Gasteiger partial charge in [0.05, 0.1) is 61.2 Å². The number of carboxylic acid groups (broad SMARTS) is 1. The lowest BCUT2D eigenvalue weighted by Gasteiger charge is -2.34. The molecule has 0 radical (unpaired) electrons. The van der Waals surface area contributed by atoms with Gasteiger partial charge in [-0.3, -0.25) is 4.79 Å². The Bertz CT molecular complexity index is 5010. The predicted octanol–water partition coefficient (Wildman–Crippen LogP) is 16.7. The van der Waals surface area contributed by atoms with Crippen molar-refractivity contribution < 1.29 is 19.4 Å². The number of carboxylic acids is 1. The van der Waals surface area contributed by atoms with E-state index in [1.165, 1.54) is 38.9 Å². The molecule has 12 aromatic carbocycles. The van der Waals surface area contributed by atoms with E-state index in [-0.39, 0.29) is 5.56 Å². The molecule has 0 unspecified atom stereocenters. The first-order valence-electron chi connectivity index (χ1n) is 30.2. The fourth-order valence-electron chi connectivity index (χ4n) is 13.6. The lowest BCUT2D eigenvalue weighted by Crippen LogP contribution is -2.28. The predicted molar refractivity (Wildman–Crippen MR) is 370 cm³/mol. The number of benzene rings is 12. The normalized spacial score (nSPS) is 12.7. The van der Waals surface area contributed by atoms with E-state index < -0.39 is 16.8 Å². The summed E-state index contributed by atoms with van der Waals surface area (Å²) in [5.74, 6) is 1.30. The van der Waals surface area contributed by atoms with Crippen LogP contribution >= 0.6 is 0 Å². The van der Waals surface area contributed by atoms with Gasteiger partial charge in [0.15, 0.2) is 0 Å². The summed E-state index contributed by atoms with van der Waals surface area (Å²) in [5, 5.41) is 9.38. The summed E-state index contributed by atoms with van der Waals surface area (Å²) in [6, 6.07) is 90.7. The number of imidazole rings is 2. The Morgan fingerprint density at radius 3 is 1.22 bits per heavy atom. The Hall–Kier alpha value is -12.3. The van der Waals surface area contributed by atoms with Gasteiger partial charge in [0.25, 0.3) is 6.47 Å². The van der Waals surface area contributed by atoms with Crippen molar-refractivity contribution in [2.45, 2.75) is 24.7 Å². The van der Waals surface area contributed by atoms with E-state index in [1.54, 1.807) is 36.4 Å². The number of hydrogen-bond donors (Lipinski definition) is 7. The molecular weight excluding hydrogens is 1140 g/mol. The summed E-state index contributed by atoms with van der Waals surface area (Å²) in [6.45, 7) is 4.55. The second-order valence-electron chi connectivity index (χ2n) is 23.3. The van der Waals surface area contributed by atoms with Gasteiger partial charge in [-0.25, -0.2) is 14.8 Å². The maximum Gasteiger partial charge on any atom is 0.335 e. The number of aryl methyl sites for hydroxylation is 2. The minimum absolute atomic E-state index is 0.244. The lowest BCUT2D eigenvalue weighted by atomic mass is 9.67. The van der Waals surface area contributed by atoms with Crippen LogP contribution in [0.2, 0.25) is 0 Å². The van der Waals surface area contributed by atoms with E-state index in [0.29, 0.717) is 35.0 Å². The molecule has 0 atom stereocenters. The third kappa shape index (κ3) is 9.92. The Balaban J connectivity index is 0.000000135. The van der Waals surface area contributed by atoms with Gasteiger partial charge >= 0.3 is 5.97 Å². The molecule has 0 fully saturated rings. The zero-order valence-corrected chi connectivity index (χ0v) is 50.4. The molecule has 0 spiro atoms. The number of carbonyl (C=O) groups is 2. The number of nitrogens with zero attached hydrogens (tertiary/aromatic N) is 2. The van der Waals surface area contributed by atoms with Crippen LogP contribution in [0, 0.1) is 13.8 Å². The van der Waals surface area contributed by atoms with Crippen molar-refractivity contribution in [3.8, 4) is 61.6 Å². The van der Waals surface area contributed by atoms with Crippen LogP contribution in [0.15, 0.2) is 267 Å². The molecule has 0 aliphatic heterocycles. The second-order valence-corrected chi connectivity index (χ2v) is 23.3. The summed E-state index contributed by atoms with van der Waals surface area (Å²) in [5.41, 5.74) is 49.1. The zero-order chi connectivity index (χ0) is 63.3. The number of nitrogens with two attached hydrogens (primary N) is 4. The van der Waals surface area contributed by atoms with E-state index in [4.69, 9.17) is 32.7 Å².